The molecule has 0 heterocycles. The fourth-order valence-electron chi connectivity index (χ4n) is 1.66. The molecule has 18 heavy (non-hydrogen) atoms. The minimum absolute atomic E-state index is 0.0645. The zero-order valence-corrected chi connectivity index (χ0v) is 11.3. The summed E-state index contributed by atoms with van der Waals surface area (Å²) in [5.41, 5.74) is 0.731. The lowest BCUT2D eigenvalue weighted by molar-refractivity contribution is -0.384. The van der Waals surface area contributed by atoms with E-state index in [2.05, 4.69) is 26.1 Å². The molecule has 1 aromatic rings. The van der Waals surface area contributed by atoms with Crippen molar-refractivity contribution in [2.45, 2.75) is 33.2 Å². The molecule has 0 aliphatic carbocycles. The highest BCUT2D eigenvalue weighted by molar-refractivity contribution is 5.62. The minimum Gasteiger partial charge on any atom is -0.495 e. The fourth-order valence-corrected chi connectivity index (χ4v) is 1.66. The summed E-state index contributed by atoms with van der Waals surface area (Å²) in [5, 5.41) is 14.0. The molecule has 2 unspecified atom stereocenters. The summed E-state index contributed by atoms with van der Waals surface area (Å²) in [6, 6.07) is 4.80. The third-order valence-electron chi connectivity index (χ3n) is 3.27. The summed E-state index contributed by atoms with van der Waals surface area (Å²) < 4.78 is 5.21. The minimum atomic E-state index is -0.404. The third-order valence-corrected chi connectivity index (χ3v) is 3.27. The van der Waals surface area contributed by atoms with E-state index in [4.69, 9.17) is 4.74 Å². The van der Waals surface area contributed by atoms with Gasteiger partial charge in [-0.25, -0.2) is 0 Å². The molecule has 0 amide bonds. The van der Waals surface area contributed by atoms with Gasteiger partial charge in [-0.1, -0.05) is 20.3 Å². The van der Waals surface area contributed by atoms with Gasteiger partial charge < -0.3 is 10.1 Å². The number of anilines is 1. The smallest absolute Gasteiger partial charge is 0.271 e. The van der Waals surface area contributed by atoms with Gasteiger partial charge in [-0.15, -0.1) is 0 Å². The Morgan fingerprint density at radius 3 is 2.61 bits per heavy atom. The van der Waals surface area contributed by atoms with Crippen LogP contribution in [0.5, 0.6) is 5.75 Å². The van der Waals surface area contributed by atoms with Crippen molar-refractivity contribution < 1.29 is 9.66 Å². The predicted octanol–water partition coefficient (Wildman–Crippen LogP) is 3.45. The molecule has 1 N–H and O–H groups in total. The Hall–Kier alpha value is -1.78. The van der Waals surface area contributed by atoms with Crippen molar-refractivity contribution in [2.24, 2.45) is 5.92 Å². The molecule has 1 aromatic carbocycles. The van der Waals surface area contributed by atoms with Crippen LogP contribution >= 0.6 is 0 Å². The molecule has 1 rings (SSSR count). The molecule has 0 radical (unpaired) electrons. The average Bonchev–Trinajstić information content (AvgIpc) is 2.37. The maximum Gasteiger partial charge on any atom is 0.271 e. The van der Waals surface area contributed by atoms with Crippen LogP contribution < -0.4 is 10.1 Å². The topological polar surface area (TPSA) is 64.4 Å². The van der Waals surface area contributed by atoms with E-state index in [1.54, 1.807) is 13.2 Å². The number of nitro benzene ring substituents is 1. The second-order valence-electron chi connectivity index (χ2n) is 4.46. The highest BCUT2D eigenvalue weighted by Gasteiger charge is 2.15. The van der Waals surface area contributed by atoms with Gasteiger partial charge in [0.15, 0.2) is 0 Å². The lowest BCUT2D eigenvalue weighted by atomic mass is 10.0. The Morgan fingerprint density at radius 2 is 2.11 bits per heavy atom. The number of nitrogens with one attached hydrogen (secondary N) is 1. The van der Waals surface area contributed by atoms with Crippen LogP contribution in [0.15, 0.2) is 18.2 Å². The van der Waals surface area contributed by atoms with E-state index in [-0.39, 0.29) is 11.7 Å². The van der Waals surface area contributed by atoms with Crippen molar-refractivity contribution >= 4 is 11.4 Å². The summed E-state index contributed by atoms with van der Waals surface area (Å²) >= 11 is 0. The van der Waals surface area contributed by atoms with Gasteiger partial charge in [0.2, 0.25) is 0 Å². The van der Waals surface area contributed by atoms with Gasteiger partial charge in [0.1, 0.15) is 5.75 Å². The molecule has 0 saturated heterocycles. The maximum atomic E-state index is 10.8. The monoisotopic (exact) mass is 252 g/mol. The van der Waals surface area contributed by atoms with Crippen LogP contribution in [0.25, 0.3) is 0 Å². The van der Waals surface area contributed by atoms with Crippen molar-refractivity contribution in [3.05, 3.63) is 28.3 Å². The molecule has 2 atom stereocenters. The molecule has 100 valence electrons. The first kappa shape index (κ1) is 14.3. The Morgan fingerprint density at radius 1 is 1.44 bits per heavy atom. The molecule has 0 aliphatic rings. The molecule has 0 aliphatic heterocycles. The number of benzene rings is 1. The Kier molecular flexibility index (Phi) is 4.95. The second-order valence-corrected chi connectivity index (χ2v) is 4.46. The fraction of sp³-hybridized carbons (Fsp3) is 0.538. The van der Waals surface area contributed by atoms with Gasteiger partial charge in [0.25, 0.3) is 5.69 Å². The van der Waals surface area contributed by atoms with Crippen molar-refractivity contribution in [1.82, 2.24) is 0 Å². The van der Waals surface area contributed by atoms with Crippen molar-refractivity contribution in [1.29, 1.82) is 0 Å². The summed E-state index contributed by atoms with van der Waals surface area (Å²) in [4.78, 5) is 10.4. The van der Waals surface area contributed by atoms with E-state index in [1.165, 1.54) is 12.1 Å². The highest BCUT2D eigenvalue weighted by atomic mass is 16.6. The van der Waals surface area contributed by atoms with Gasteiger partial charge in [-0.2, -0.15) is 0 Å². The van der Waals surface area contributed by atoms with E-state index >= 15 is 0 Å². The standard InChI is InChI=1S/C13H20N2O3/c1-5-9(2)10(3)14-12-8-11(15(16)17)6-7-13(12)18-4/h6-10,14H,5H2,1-4H3. The van der Waals surface area contributed by atoms with Gasteiger partial charge in [0, 0.05) is 18.2 Å². The molecule has 0 spiro atoms. The average molecular weight is 252 g/mol. The summed E-state index contributed by atoms with van der Waals surface area (Å²) in [5.74, 6) is 1.10. The third kappa shape index (κ3) is 3.35. The zero-order valence-electron chi connectivity index (χ0n) is 11.3. The number of hydrogen-bond donors (Lipinski definition) is 1. The first-order valence-electron chi connectivity index (χ1n) is 6.08. The number of non-ortho nitro benzene ring substituents is 1. The van der Waals surface area contributed by atoms with Crippen LogP contribution in [0.1, 0.15) is 27.2 Å². The van der Waals surface area contributed by atoms with E-state index in [0.717, 1.165) is 6.42 Å². The van der Waals surface area contributed by atoms with Gasteiger partial charge in [-0.3, -0.25) is 10.1 Å². The molecule has 0 bridgehead atoms. The molecular formula is C13H20N2O3. The maximum absolute atomic E-state index is 10.8. The van der Waals surface area contributed by atoms with Crippen molar-refractivity contribution in [3.63, 3.8) is 0 Å². The van der Waals surface area contributed by atoms with E-state index in [9.17, 15) is 10.1 Å². The lowest BCUT2D eigenvalue weighted by Gasteiger charge is -2.22. The van der Waals surface area contributed by atoms with Crippen molar-refractivity contribution in [3.8, 4) is 5.75 Å². The molecule has 0 saturated carbocycles. The van der Waals surface area contributed by atoms with Gasteiger partial charge in [0.05, 0.1) is 17.7 Å². The number of hydrogen-bond acceptors (Lipinski definition) is 4. The molecular weight excluding hydrogens is 232 g/mol. The van der Waals surface area contributed by atoms with Crippen LogP contribution in [0, 0.1) is 16.0 Å². The summed E-state index contributed by atoms with van der Waals surface area (Å²) in [6.07, 6.45) is 1.05. The van der Waals surface area contributed by atoms with Crippen LogP contribution in [0.4, 0.5) is 11.4 Å². The highest BCUT2D eigenvalue weighted by Crippen LogP contribution is 2.30. The Bertz CT molecular complexity index is 421. The molecule has 5 nitrogen and oxygen atoms in total. The van der Waals surface area contributed by atoms with E-state index in [1.807, 2.05) is 0 Å². The number of nitrogens with zero attached hydrogens (tertiary/aromatic N) is 1. The quantitative estimate of drug-likeness (QED) is 0.622. The molecule has 0 aromatic heterocycles. The van der Waals surface area contributed by atoms with Gasteiger partial charge in [-0.05, 0) is 18.9 Å². The van der Waals surface area contributed by atoms with Crippen LogP contribution in [-0.4, -0.2) is 18.1 Å². The van der Waals surface area contributed by atoms with Crippen molar-refractivity contribution in [2.75, 3.05) is 12.4 Å². The second kappa shape index (κ2) is 6.23. The Balaban J connectivity index is 2.97. The number of nitro groups is 1. The SMILES string of the molecule is CCC(C)C(C)Nc1cc([N+](=O)[O-])ccc1OC. The summed E-state index contributed by atoms with van der Waals surface area (Å²) in [6.45, 7) is 6.32. The lowest BCUT2D eigenvalue weighted by Crippen LogP contribution is -2.23. The van der Waals surface area contributed by atoms with Gasteiger partial charge >= 0.3 is 0 Å². The normalized spacial score (nSPS) is 13.8. The first-order valence-corrected chi connectivity index (χ1v) is 6.08. The van der Waals surface area contributed by atoms with Crippen LogP contribution in [0.3, 0.4) is 0 Å². The zero-order chi connectivity index (χ0) is 13.7. The number of ether oxygens (including phenoxy) is 1. The number of methoxy groups -OCH3 is 1. The molecule has 0 fully saturated rings. The largest absolute Gasteiger partial charge is 0.495 e. The van der Waals surface area contributed by atoms with E-state index < -0.39 is 4.92 Å². The van der Waals surface area contributed by atoms with E-state index in [0.29, 0.717) is 17.4 Å². The molecule has 5 heteroatoms. The van der Waals surface area contributed by atoms with Crippen LogP contribution in [0.2, 0.25) is 0 Å². The predicted molar refractivity (Wildman–Crippen MR) is 72.2 cm³/mol. The Labute approximate surface area is 107 Å². The number of rotatable bonds is 6. The first-order chi connectivity index (χ1) is 8.49. The summed E-state index contributed by atoms with van der Waals surface area (Å²) in [7, 11) is 1.56. The van der Waals surface area contributed by atoms with Crippen LogP contribution in [-0.2, 0) is 0 Å².